The van der Waals surface area contributed by atoms with Gasteiger partial charge in [-0.2, -0.15) is 0 Å². The Labute approximate surface area is 56.4 Å². The molecule has 0 atom stereocenters. The molecular weight excluding hydrogens is 126 g/mol. The second-order valence-electron chi connectivity index (χ2n) is 2.70. The average molecular weight is 138 g/mol. The number of quaternary nitrogens is 1. The van der Waals surface area contributed by atoms with Crippen LogP contribution in [0.4, 0.5) is 0 Å². The van der Waals surface area contributed by atoms with E-state index in [0.717, 1.165) is 17.8 Å². The molecule has 50 valence electrons. The first-order valence-corrected chi connectivity index (χ1v) is 2.60. The zero-order valence-electron chi connectivity index (χ0n) is 5.35. The molecule has 0 spiro atoms. The molecule has 8 heavy (non-hydrogen) atoms. The number of rotatable bonds is 0. The monoisotopic (exact) mass is 137 g/mol. The third kappa shape index (κ3) is 1.99. The average Bonchev–Trinajstić information content (AvgIpc) is 1.84. The van der Waals surface area contributed by atoms with E-state index >= 15 is 0 Å². The van der Waals surface area contributed by atoms with Gasteiger partial charge in [0, 0.05) is 0 Å². The Kier molecular flexibility index (Phi) is 2.74. The summed E-state index contributed by atoms with van der Waals surface area (Å²) >= 11 is 0. The third-order valence-electron chi connectivity index (χ3n) is 1.28. The van der Waals surface area contributed by atoms with Crippen LogP contribution in [0.2, 0.25) is 0 Å². The second-order valence-corrected chi connectivity index (χ2v) is 2.70. The molecule has 1 saturated heterocycles. The van der Waals surface area contributed by atoms with Gasteiger partial charge in [-0.3, -0.25) is 0 Å². The van der Waals surface area contributed by atoms with Crippen molar-refractivity contribution < 1.29 is 21.6 Å². The predicted molar refractivity (Wildman–Crippen MR) is 27.8 cm³/mol. The van der Waals surface area contributed by atoms with Crippen molar-refractivity contribution in [2.45, 2.75) is 0 Å². The van der Waals surface area contributed by atoms with Crippen LogP contribution in [-0.2, 0) is 4.74 Å². The molecule has 0 aromatic carbocycles. The fraction of sp³-hybridized carbons (Fsp3) is 1.00. The molecule has 0 aromatic rings. The lowest BCUT2D eigenvalue weighted by Gasteiger charge is -2.19. The second kappa shape index (κ2) is 2.67. The summed E-state index contributed by atoms with van der Waals surface area (Å²) < 4.78 is 6.16. The highest BCUT2D eigenvalue weighted by atomic mass is 35.5. The van der Waals surface area contributed by atoms with E-state index in [2.05, 4.69) is 14.1 Å². The fourth-order valence-corrected chi connectivity index (χ4v) is 0.688. The molecule has 0 bridgehead atoms. The summed E-state index contributed by atoms with van der Waals surface area (Å²) in [6, 6.07) is 0. The van der Waals surface area contributed by atoms with Gasteiger partial charge in [0.05, 0.1) is 14.1 Å². The highest BCUT2D eigenvalue weighted by Gasteiger charge is 2.20. The summed E-state index contributed by atoms with van der Waals surface area (Å²) in [6.07, 6.45) is 0. The summed E-state index contributed by atoms with van der Waals surface area (Å²) in [5, 5.41) is 0. The fourth-order valence-electron chi connectivity index (χ4n) is 0.688. The number of hydrogen-bond donors (Lipinski definition) is 0. The van der Waals surface area contributed by atoms with E-state index < -0.39 is 0 Å². The van der Waals surface area contributed by atoms with Gasteiger partial charge in [-0.15, -0.1) is 0 Å². The summed E-state index contributed by atoms with van der Waals surface area (Å²) in [7, 11) is 4.35. The molecule has 1 fully saturated rings. The van der Waals surface area contributed by atoms with Crippen LogP contribution >= 0.6 is 0 Å². The van der Waals surface area contributed by atoms with Crippen molar-refractivity contribution in [2.24, 2.45) is 0 Å². The minimum absolute atomic E-state index is 0. The van der Waals surface area contributed by atoms with Crippen molar-refractivity contribution in [1.82, 2.24) is 0 Å². The third-order valence-corrected chi connectivity index (χ3v) is 1.28. The van der Waals surface area contributed by atoms with Crippen LogP contribution in [0.15, 0.2) is 0 Å². The van der Waals surface area contributed by atoms with E-state index in [4.69, 9.17) is 4.74 Å². The van der Waals surface area contributed by atoms with Gasteiger partial charge in [0.2, 0.25) is 0 Å². The van der Waals surface area contributed by atoms with Gasteiger partial charge >= 0.3 is 0 Å². The number of hydrogen-bond acceptors (Lipinski definition) is 1. The van der Waals surface area contributed by atoms with E-state index in [1.807, 2.05) is 0 Å². The van der Waals surface area contributed by atoms with E-state index in [9.17, 15) is 0 Å². The first-order chi connectivity index (χ1) is 3.21. The van der Waals surface area contributed by atoms with Crippen LogP contribution in [0.1, 0.15) is 0 Å². The molecule has 0 aliphatic carbocycles. The number of ether oxygens (including phenoxy) is 1. The molecule has 2 nitrogen and oxygen atoms in total. The van der Waals surface area contributed by atoms with Crippen LogP contribution in [0.3, 0.4) is 0 Å². The molecule has 3 heteroatoms. The molecule has 0 amide bonds. The normalized spacial score (nSPS) is 24.8. The van der Waals surface area contributed by atoms with Crippen molar-refractivity contribution in [2.75, 3.05) is 34.0 Å². The molecule has 1 aliphatic rings. The molecule has 0 unspecified atom stereocenters. The lowest BCUT2D eigenvalue weighted by molar-refractivity contribution is -0.887. The van der Waals surface area contributed by atoms with Gasteiger partial charge in [0.1, 0.15) is 13.2 Å². The molecule has 0 radical (unpaired) electrons. The van der Waals surface area contributed by atoms with E-state index in [1.165, 1.54) is 6.54 Å². The topological polar surface area (TPSA) is 9.23 Å². The Morgan fingerprint density at radius 3 is 2.12 bits per heavy atom. The standard InChI is InChI=1S/C5H12NO.ClH/c1-6(2)3-4-7-5-6;/h3-5H2,1-2H3;1H/q+1;/p-1. The van der Waals surface area contributed by atoms with Crippen molar-refractivity contribution in [1.29, 1.82) is 0 Å². The molecule has 1 rings (SSSR count). The Hall–Kier alpha value is 0.210. The van der Waals surface area contributed by atoms with E-state index in [0.29, 0.717) is 0 Å². The minimum Gasteiger partial charge on any atom is -1.00 e. The van der Waals surface area contributed by atoms with Gasteiger partial charge in [0.15, 0.2) is 6.73 Å². The number of likely N-dealkylation sites (N-methyl/N-ethyl adjacent to an activating group) is 1. The van der Waals surface area contributed by atoms with Crippen molar-refractivity contribution in [3.05, 3.63) is 0 Å². The summed E-state index contributed by atoms with van der Waals surface area (Å²) in [5.41, 5.74) is 0. The summed E-state index contributed by atoms with van der Waals surface area (Å²) in [6.45, 7) is 2.99. The zero-order chi connectivity index (χ0) is 5.33. The van der Waals surface area contributed by atoms with Crippen LogP contribution in [0.5, 0.6) is 0 Å². The molecular formula is C5H12ClNO. The van der Waals surface area contributed by atoms with Crippen LogP contribution in [0, 0.1) is 0 Å². The van der Waals surface area contributed by atoms with Crippen LogP contribution in [0.25, 0.3) is 0 Å². The SMILES string of the molecule is C[N+]1(C)CCOC1.[Cl-]. The Morgan fingerprint density at radius 1 is 1.38 bits per heavy atom. The zero-order valence-corrected chi connectivity index (χ0v) is 6.11. The first kappa shape index (κ1) is 8.21. The van der Waals surface area contributed by atoms with Crippen LogP contribution in [-0.4, -0.2) is 38.5 Å². The molecule has 0 aromatic heterocycles. The van der Waals surface area contributed by atoms with E-state index in [-0.39, 0.29) is 12.4 Å². The van der Waals surface area contributed by atoms with Crippen molar-refractivity contribution in [3.63, 3.8) is 0 Å². The Morgan fingerprint density at radius 2 is 2.00 bits per heavy atom. The van der Waals surface area contributed by atoms with Gasteiger partial charge in [0.25, 0.3) is 0 Å². The predicted octanol–water partition coefficient (Wildman–Crippen LogP) is -2.95. The highest BCUT2D eigenvalue weighted by molar-refractivity contribution is 4.33. The smallest absolute Gasteiger partial charge is 0.183 e. The van der Waals surface area contributed by atoms with E-state index in [1.54, 1.807) is 0 Å². The van der Waals surface area contributed by atoms with Gasteiger partial charge in [-0.05, 0) is 0 Å². The van der Waals surface area contributed by atoms with Gasteiger partial charge in [-0.1, -0.05) is 0 Å². The van der Waals surface area contributed by atoms with Crippen molar-refractivity contribution >= 4 is 0 Å². The minimum atomic E-state index is 0. The van der Waals surface area contributed by atoms with Crippen LogP contribution < -0.4 is 12.4 Å². The number of nitrogens with zero attached hydrogens (tertiary/aromatic N) is 1. The maximum atomic E-state index is 5.13. The molecule has 1 heterocycles. The van der Waals surface area contributed by atoms with Crippen molar-refractivity contribution in [3.8, 4) is 0 Å². The maximum absolute atomic E-state index is 5.13. The molecule has 0 saturated carbocycles. The summed E-state index contributed by atoms with van der Waals surface area (Å²) in [4.78, 5) is 0. The van der Waals surface area contributed by atoms with Gasteiger partial charge in [-0.25, -0.2) is 0 Å². The lowest BCUT2D eigenvalue weighted by Crippen LogP contribution is -3.00. The molecule has 0 N–H and O–H groups in total. The summed E-state index contributed by atoms with van der Waals surface area (Å²) in [5.74, 6) is 0. The Bertz CT molecular complexity index is 66.8. The quantitative estimate of drug-likeness (QED) is 0.325. The van der Waals surface area contributed by atoms with Gasteiger partial charge < -0.3 is 21.6 Å². The number of halogens is 1. The highest BCUT2D eigenvalue weighted by Crippen LogP contribution is 2.03. The Balaban J connectivity index is 0.000000490. The maximum Gasteiger partial charge on any atom is 0.183 e. The molecule has 1 aliphatic heterocycles. The first-order valence-electron chi connectivity index (χ1n) is 2.60. The lowest BCUT2D eigenvalue weighted by atomic mass is 10.6. The largest absolute Gasteiger partial charge is 1.00 e.